The number of unbranched alkanes of at least 4 members (excludes halogenated alkanes) is 1. The number of anilines is 1. The molecule has 2 saturated carbocycles. The van der Waals surface area contributed by atoms with Gasteiger partial charge < -0.3 is 20.3 Å². The van der Waals surface area contributed by atoms with Crippen LogP contribution in [0.25, 0.3) is 11.2 Å². The fourth-order valence-electron chi connectivity index (χ4n) is 5.59. The van der Waals surface area contributed by atoms with Crippen LogP contribution in [-0.2, 0) is 14.3 Å². The molecule has 4 atom stereocenters. The van der Waals surface area contributed by atoms with Gasteiger partial charge in [-0.2, -0.15) is 9.97 Å². The summed E-state index contributed by atoms with van der Waals surface area (Å²) in [5.74, 6) is 0.558. The van der Waals surface area contributed by atoms with Crippen LogP contribution < -0.4 is 5.73 Å². The molecule has 0 bridgehead atoms. The van der Waals surface area contributed by atoms with Crippen molar-refractivity contribution in [3.05, 3.63) is 11.6 Å². The predicted octanol–water partition coefficient (Wildman–Crippen LogP) is 3.39. The van der Waals surface area contributed by atoms with Crippen molar-refractivity contribution in [1.29, 1.82) is 0 Å². The Bertz CT molecular complexity index is 1040. The number of ether oxygens (including phenoxy) is 2. The van der Waals surface area contributed by atoms with Gasteiger partial charge in [-0.15, -0.1) is 0 Å². The first kappa shape index (κ1) is 21.9. The maximum atomic E-state index is 13.0. The number of aromatic nitrogens is 4. The number of carbonyl (C=O) groups excluding carboxylic acids is 1. The minimum absolute atomic E-state index is 0.0156. The highest BCUT2D eigenvalue weighted by atomic mass is 35.5. The van der Waals surface area contributed by atoms with Gasteiger partial charge in [0, 0.05) is 6.42 Å². The third-order valence-corrected chi connectivity index (χ3v) is 7.91. The topological polar surface area (TPSA) is 125 Å². The minimum Gasteiger partial charge on any atom is -0.453 e. The lowest BCUT2D eigenvalue weighted by Crippen LogP contribution is -2.32. The van der Waals surface area contributed by atoms with Crippen LogP contribution in [0.15, 0.2) is 6.33 Å². The Morgan fingerprint density at radius 1 is 1.38 bits per heavy atom. The SMILES string of the molecule is CCCCC1CCC(C(=O)O[C@@]23C[C@H](n4cnc5c(N)nc(Cl)nc54)O[C@]2(C)C3O)CC1. The number of nitrogens with two attached hydrogens (primary N) is 1. The Balaban J connectivity index is 1.29. The van der Waals surface area contributed by atoms with E-state index in [9.17, 15) is 9.90 Å². The first-order valence-electron chi connectivity index (χ1n) is 11.5. The van der Waals surface area contributed by atoms with Crippen LogP contribution in [0, 0.1) is 11.8 Å². The van der Waals surface area contributed by atoms with Crippen LogP contribution >= 0.6 is 11.6 Å². The first-order valence-corrected chi connectivity index (χ1v) is 11.9. The maximum Gasteiger partial charge on any atom is 0.309 e. The molecule has 0 aromatic carbocycles. The van der Waals surface area contributed by atoms with Crippen molar-refractivity contribution >= 4 is 34.6 Å². The van der Waals surface area contributed by atoms with E-state index in [4.69, 9.17) is 26.8 Å². The van der Waals surface area contributed by atoms with Crippen LogP contribution in [0.5, 0.6) is 0 Å². The Morgan fingerprint density at radius 2 is 2.12 bits per heavy atom. The lowest BCUT2D eigenvalue weighted by molar-refractivity contribution is -0.160. The van der Waals surface area contributed by atoms with Gasteiger partial charge in [0.15, 0.2) is 17.1 Å². The molecule has 0 radical (unpaired) electrons. The predicted molar refractivity (Wildman–Crippen MR) is 118 cm³/mol. The van der Waals surface area contributed by atoms with E-state index in [-0.39, 0.29) is 23.0 Å². The summed E-state index contributed by atoms with van der Waals surface area (Å²) >= 11 is 5.97. The van der Waals surface area contributed by atoms with Crippen molar-refractivity contribution in [2.45, 2.75) is 88.7 Å². The standard InChI is InChI=1S/C22H30ClN5O4/c1-3-4-5-12-6-8-13(9-7-12)18(29)32-22-10-14(31-21(22,2)19(22)30)28-11-25-15-16(24)26-20(23)27-17(15)28/h11-14,19,30H,3-10H2,1-2H3,(H2,24,26,27)/t12?,13?,14-,19?,21-,22-/m1/s1. The van der Waals surface area contributed by atoms with Gasteiger partial charge in [0.1, 0.15) is 23.4 Å². The third kappa shape index (κ3) is 3.28. The summed E-state index contributed by atoms with van der Waals surface area (Å²) in [4.78, 5) is 25.5. The monoisotopic (exact) mass is 463 g/mol. The minimum atomic E-state index is -1.06. The van der Waals surface area contributed by atoms with E-state index in [1.807, 2.05) is 0 Å². The number of nitrogen functional groups attached to an aromatic ring is 1. The number of carbonyl (C=O) groups is 1. The molecule has 3 fully saturated rings. The van der Waals surface area contributed by atoms with Gasteiger partial charge >= 0.3 is 5.97 Å². The number of hydrogen-bond donors (Lipinski definition) is 2. The molecule has 3 N–H and O–H groups in total. The molecule has 9 nitrogen and oxygen atoms in total. The highest BCUT2D eigenvalue weighted by Crippen LogP contribution is 2.65. The molecular formula is C22H30ClN5O4. The molecule has 1 aliphatic heterocycles. The van der Waals surface area contributed by atoms with E-state index in [1.165, 1.54) is 19.3 Å². The molecule has 1 unspecified atom stereocenters. The lowest BCUT2D eigenvalue weighted by Gasteiger charge is -2.28. The number of halogens is 1. The van der Waals surface area contributed by atoms with E-state index >= 15 is 0 Å². The van der Waals surface area contributed by atoms with Gasteiger partial charge in [0.2, 0.25) is 5.28 Å². The Morgan fingerprint density at radius 3 is 2.84 bits per heavy atom. The first-order chi connectivity index (χ1) is 15.3. The summed E-state index contributed by atoms with van der Waals surface area (Å²) in [5.41, 5.74) is 4.74. The van der Waals surface area contributed by atoms with E-state index in [1.54, 1.807) is 17.8 Å². The molecule has 10 heteroatoms. The zero-order valence-corrected chi connectivity index (χ0v) is 19.2. The number of nitrogens with zero attached hydrogens (tertiary/aromatic N) is 4. The third-order valence-electron chi connectivity index (χ3n) is 7.74. The average molecular weight is 464 g/mol. The number of imidazole rings is 1. The van der Waals surface area contributed by atoms with Crippen LogP contribution in [0.2, 0.25) is 5.28 Å². The molecule has 174 valence electrons. The molecule has 2 aromatic heterocycles. The number of rotatable bonds is 6. The molecule has 5 rings (SSSR count). The van der Waals surface area contributed by atoms with E-state index in [0.717, 1.165) is 25.7 Å². The van der Waals surface area contributed by atoms with Crippen molar-refractivity contribution < 1.29 is 19.4 Å². The lowest BCUT2D eigenvalue weighted by atomic mass is 9.80. The van der Waals surface area contributed by atoms with Crippen LogP contribution in [-0.4, -0.2) is 47.9 Å². The van der Waals surface area contributed by atoms with Gasteiger partial charge in [-0.25, -0.2) is 4.98 Å². The highest BCUT2D eigenvalue weighted by molar-refractivity contribution is 6.28. The van der Waals surface area contributed by atoms with Crippen molar-refractivity contribution in [3.63, 3.8) is 0 Å². The van der Waals surface area contributed by atoms with E-state index in [2.05, 4.69) is 21.9 Å². The zero-order valence-electron chi connectivity index (χ0n) is 18.5. The highest BCUT2D eigenvalue weighted by Gasteiger charge is 2.84. The summed E-state index contributed by atoms with van der Waals surface area (Å²) in [7, 11) is 0. The largest absolute Gasteiger partial charge is 0.453 e. The van der Waals surface area contributed by atoms with Crippen molar-refractivity contribution in [1.82, 2.24) is 19.5 Å². The Hall–Kier alpha value is -1.97. The fraction of sp³-hybridized carbons (Fsp3) is 0.727. The molecule has 32 heavy (non-hydrogen) atoms. The van der Waals surface area contributed by atoms with Crippen LogP contribution in [0.3, 0.4) is 0 Å². The number of fused-ring (bicyclic) bond motifs is 2. The van der Waals surface area contributed by atoms with Crippen molar-refractivity contribution in [3.8, 4) is 0 Å². The van der Waals surface area contributed by atoms with Crippen molar-refractivity contribution in [2.24, 2.45) is 11.8 Å². The van der Waals surface area contributed by atoms with Crippen LogP contribution in [0.4, 0.5) is 5.82 Å². The quantitative estimate of drug-likeness (QED) is 0.493. The normalized spacial score (nSPS) is 36.2. The Kier molecular flexibility index (Phi) is 5.34. The summed E-state index contributed by atoms with van der Waals surface area (Å²) in [6.07, 6.45) is 8.00. The molecule has 0 amide bonds. The molecule has 3 aliphatic rings. The van der Waals surface area contributed by atoms with Crippen LogP contribution in [0.1, 0.15) is 71.4 Å². The number of aliphatic hydroxyl groups excluding tert-OH is 1. The van der Waals surface area contributed by atoms with Gasteiger partial charge in [0.05, 0.1) is 12.2 Å². The van der Waals surface area contributed by atoms with Gasteiger partial charge in [-0.1, -0.05) is 26.2 Å². The number of hydrogen-bond acceptors (Lipinski definition) is 8. The Labute approximate surface area is 191 Å². The van der Waals surface area contributed by atoms with Gasteiger partial charge in [-0.05, 0) is 50.1 Å². The van der Waals surface area contributed by atoms with Gasteiger partial charge in [0.25, 0.3) is 0 Å². The summed E-state index contributed by atoms with van der Waals surface area (Å²) in [6, 6.07) is 0. The molecule has 0 spiro atoms. The second kappa shape index (κ2) is 7.81. The van der Waals surface area contributed by atoms with Crippen molar-refractivity contribution in [2.75, 3.05) is 5.73 Å². The summed E-state index contributed by atoms with van der Waals surface area (Å²) < 4.78 is 13.9. The van der Waals surface area contributed by atoms with E-state index in [0.29, 0.717) is 23.5 Å². The number of esters is 1. The average Bonchev–Trinajstić information content (AvgIpc) is 3.13. The molecule has 3 heterocycles. The summed E-state index contributed by atoms with van der Waals surface area (Å²) in [5, 5.41) is 10.7. The van der Waals surface area contributed by atoms with E-state index < -0.39 is 23.5 Å². The zero-order chi connectivity index (χ0) is 22.7. The molecule has 2 aliphatic carbocycles. The second-order valence-electron chi connectivity index (χ2n) is 9.66. The maximum absolute atomic E-state index is 13.0. The number of aliphatic hydroxyl groups is 1. The molecule has 2 aromatic rings. The fourth-order valence-corrected chi connectivity index (χ4v) is 5.76. The summed E-state index contributed by atoms with van der Waals surface area (Å²) in [6.45, 7) is 3.99. The van der Waals surface area contributed by atoms with Gasteiger partial charge in [-0.3, -0.25) is 9.36 Å². The second-order valence-corrected chi connectivity index (χ2v) is 10.00. The smallest absolute Gasteiger partial charge is 0.309 e. The molecule has 1 saturated heterocycles. The molecular weight excluding hydrogens is 434 g/mol.